The molecule has 1 aromatic rings. The van der Waals surface area contributed by atoms with Gasteiger partial charge in [0.15, 0.2) is 11.6 Å². The van der Waals surface area contributed by atoms with Gasteiger partial charge in [-0.05, 0) is 18.9 Å². The van der Waals surface area contributed by atoms with E-state index in [1.165, 1.54) is 11.8 Å². The molecule has 0 N–H and O–H groups in total. The second-order valence-electron chi connectivity index (χ2n) is 4.54. The highest BCUT2D eigenvalue weighted by Crippen LogP contribution is 2.22. The van der Waals surface area contributed by atoms with Crippen LogP contribution < -0.4 is 0 Å². The van der Waals surface area contributed by atoms with Crippen molar-refractivity contribution in [1.82, 2.24) is 4.90 Å². The van der Waals surface area contributed by atoms with Gasteiger partial charge < -0.3 is 4.90 Å². The topological polar surface area (TPSA) is 20.3 Å². The largest absolute Gasteiger partial charge is 0.335 e. The first-order chi connectivity index (χ1) is 9.00. The molecule has 1 aromatic carbocycles. The molecule has 2 rings (SSSR count). The number of carbonyl (C=O) groups excluding carboxylic acids is 1. The van der Waals surface area contributed by atoms with E-state index in [0.717, 1.165) is 0 Å². The third-order valence-electron chi connectivity index (χ3n) is 3.26. The molecular formula is C14H14F3NO. The Kier molecular flexibility index (Phi) is 3.93. The molecule has 0 spiro atoms. The molecule has 1 amide bonds. The molecule has 0 saturated heterocycles. The van der Waals surface area contributed by atoms with Gasteiger partial charge in [0.05, 0.1) is 0 Å². The number of hydrogen-bond acceptors (Lipinski definition) is 1. The Labute approximate surface area is 109 Å². The molecule has 2 nitrogen and oxygen atoms in total. The molecule has 0 aliphatic carbocycles. The third-order valence-corrected chi connectivity index (χ3v) is 3.26. The fourth-order valence-corrected chi connectivity index (χ4v) is 2.05. The molecule has 19 heavy (non-hydrogen) atoms. The number of amides is 1. The summed E-state index contributed by atoms with van der Waals surface area (Å²) < 4.78 is 40.4. The van der Waals surface area contributed by atoms with Gasteiger partial charge in [0.1, 0.15) is 5.82 Å². The molecule has 1 aliphatic rings. The van der Waals surface area contributed by atoms with E-state index in [1.807, 2.05) is 6.08 Å². The lowest BCUT2D eigenvalue weighted by molar-refractivity contribution is -0.131. The first kappa shape index (κ1) is 13.6. The molecule has 0 unspecified atom stereocenters. The lowest BCUT2D eigenvalue weighted by atomic mass is 10.1. The SMILES string of the molecule is Cc1c(F)cc(F)c(F)c1CN1CC=CCCC1=O. The Hall–Kier alpha value is -1.78. The lowest BCUT2D eigenvalue weighted by Gasteiger charge is -2.21. The van der Waals surface area contributed by atoms with Gasteiger partial charge in [-0.2, -0.15) is 0 Å². The van der Waals surface area contributed by atoms with Crippen molar-refractivity contribution in [2.24, 2.45) is 0 Å². The molecule has 0 bridgehead atoms. The van der Waals surface area contributed by atoms with E-state index in [-0.39, 0.29) is 23.6 Å². The molecule has 0 fully saturated rings. The highest BCUT2D eigenvalue weighted by atomic mass is 19.2. The number of rotatable bonds is 2. The molecule has 5 heteroatoms. The number of halogens is 3. The van der Waals surface area contributed by atoms with Crippen LogP contribution in [0, 0.1) is 24.4 Å². The van der Waals surface area contributed by atoms with E-state index in [1.54, 1.807) is 6.08 Å². The van der Waals surface area contributed by atoms with Crippen LogP contribution >= 0.6 is 0 Å². The molecule has 0 aromatic heterocycles. The van der Waals surface area contributed by atoms with Crippen molar-refractivity contribution in [3.05, 3.63) is 46.8 Å². The van der Waals surface area contributed by atoms with Gasteiger partial charge in [-0.1, -0.05) is 12.2 Å². The minimum Gasteiger partial charge on any atom is -0.335 e. The van der Waals surface area contributed by atoms with Crippen LogP contribution in [0.15, 0.2) is 18.2 Å². The molecule has 1 heterocycles. The zero-order chi connectivity index (χ0) is 14.0. The Bertz CT molecular complexity index is 514. The van der Waals surface area contributed by atoms with Crippen molar-refractivity contribution in [3.63, 3.8) is 0 Å². The van der Waals surface area contributed by atoms with Crippen molar-refractivity contribution in [1.29, 1.82) is 0 Å². The summed E-state index contributed by atoms with van der Waals surface area (Å²) in [6.07, 6.45) is 4.63. The minimum absolute atomic E-state index is 0.0416. The van der Waals surface area contributed by atoms with Gasteiger partial charge in [0.2, 0.25) is 5.91 Å². The molecule has 102 valence electrons. The van der Waals surface area contributed by atoms with Gasteiger partial charge in [-0.3, -0.25) is 4.79 Å². The molecule has 0 saturated carbocycles. The average Bonchev–Trinajstić information content (AvgIpc) is 2.57. The monoisotopic (exact) mass is 269 g/mol. The summed E-state index contributed by atoms with van der Waals surface area (Å²) in [4.78, 5) is 13.2. The van der Waals surface area contributed by atoms with E-state index in [9.17, 15) is 18.0 Å². The van der Waals surface area contributed by atoms with Crippen LogP contribution in [0.5, 0.6) is 0 Å². The summed E-state index contributed by atoms with van der Waals surface area (Å²) in [5.74, 6) is -3.25. The smallest absolute Gasteiger partial charge is 0.223 e. The zero-order valence-corrected chi connectivity index (χ0v) is 10.5. The Morgan fingerprint density at radius 2 is 1.95 bits per heavy atom. The van der Waals surface area contributed by atoms with Gasteiger partial charge >= 0.3 is 0 Å². The standard InChI is InChI=1S/C14H14F3NO/c1-9-10(14(17)12(16)7-11(9)15)8-18-6-4-2-3-5-13(18)19/h2,4,7H,3,5-6,8H2,1H3. The number of nitrogens with zero attached hydrogens (tertiary/aromatic N) is 1. The van der Waals surface area contributed by atoms with Crippen LogP contribution in [0.25, 0.3) is 0 Å². The van der Waals surface area contributed by atoms with Crippen molar-refractivity contribution in [2.45, 2.75) is 26.3 Å². The number of benzene rings is 1. The summed E-state index contributed by atoms with van der Waals surface area (Å²) >= 11 is 0. The van der Waals surface area contributed by atoms with Crippen LogP contribution in [0.2, 0.25) is 0 Å². The maximum Gasteiger partial charge on any atom is 0.223 e. The molecule has 0 atom stereocenters. The average molecular weight is 269 g/mol. The van der Waals surface area contributed by atoms with Crippen LogP contribution in [0.1, 0.15) is 24.0 Å². The normalized spacial score (nSPS) is 15.8. The van der Waals surface area contributed by atoms with Crippen LogP contribution in [-0.2, 0) is 11.3 Å². The van der Waals surface area contributed by atoms with Crippen LogP contribution in [0.3, 0.4) is 0 Å². The molecule has 0 radical (unpaired) electrons. The van der Waals surface area contributed by atoms with E-state index >= 15 is 0 Å². The lowest BCUT2D eigenvalue weighted by Crippen LogP contribution is -2.30. The zero-order valence-electron chi connectivity index (χ0n) is 10.5. The van der Waals surface area contributed by atoms with Gasteiger partial charge in [-0.25, -0.2) is 13.2 Å². The maximum absolute atomic E-state index is 13.7. The Morgan fingerprint density at radius 3 is 2.68 bits per heavy atom. The summed E-state index contributed by atoms with van der Waals surface area (Å²) in [5.41, 5.74) is -0.0546. The summed E-state index contributed by atoms with van der Waals surface area (Å²) in [7, 11) is 0. The summed E-state index contributed by atoms with van der Waals surface area (Å²) in [5, 5.41) is 0. The van der Waals surface area contributed by atoms with E-state index in [4.69, 9.17) is 0 Å². The first-order valence-electron chi connectivity index (χ1n) is 6.06. The van der Waals surface area contributed by atoms with Crippen LogP contribution in [0.4, 0.5) is 13.2 Å². The Balaban J connectivity index is 2.32. The van der Waals surface area contributed by atoms with Crippen molar-refractivity contribution >= 4 is 5.91 Å². The summed E-state index contributed by atoms with van der Waals surface area (Å²) in [6.45, 7) is 1.59. The Morgan fingerprint density at radius 1 is 1.21 bits per heavy atom. The predicted molar refractivity (Wildman–Crippen MR) is 64.8 cm³/mol. The highest BCUT2D eigenvalue weighted by molar-refractivity contribution is 5.77. The van der Waals surface area contributed by atoms with Crippen molar-refractivity contribution in [3.8, 4) is 0 Å². The maximum atomic E-state index is 13.7. The minimum atomic E-state index is -1.23. The highest BCUT2D eigenvalue weighted by Gasteiger charge is 2.21. The van der Waals surface area contributed by atoms with E-state index in [0.29, 0.717) is 25.5 Å². The van der Waals surface area contributed by atoms with Crippen LogP contribution in [-0.4, -0.2) is 17.4 Å². The number of hydrogen-bond donors (Lipinski definition) is 0. The molecular weight excluding hydrogens is 255 g/mol. The van der Waals surface area contributed by atoms with Crippen molar-refractivity contribution in [2.75, 3.05) is 6.54 Å². The fourth-order valence-electron chi connectivity index (χ4n) is 2.05. The fraction of sp³-hybridized carbons (Fsp3) is 0.357. The van der Waals surface area contributed by atoms with E-state index < -0.39 is 17.5 Å². The van der Waals surface area contributed by atoms with E-state index in [2.05, 4.69) is 0 Å². The second kappa shape index (κ2) is 5.47. The van der Waals surface area contributed by atoms with Gasteiger partial charge in [0, 0.05) is 31.1 Å². The number of carbonyl (C=O) groups is 1. The van der Waals surface area contributed by atoms with Gasteiger partial charge in [-0.15, -0.1) is 0 Å². The third kappa shape index (κ3) is 2.80. The second-order valence-corrected chi connectivity index (χ2v) is 4.54. The summed E-state index contributed by atoms with van der Waals surface area (Å²) in [6, 6.07) is 0.526. The van der Waals surface area contributed by atoms with Crippen molar-refractivity contribution < 1.29 is 18.0 Å². The predicted octanol–water partition coefficient (Wildman–Crippen LogP) is 3.09. The number of allylic oxidation sites excluding steroid dienone is 1. The molecule has 1 aliphatic heterocycles. The quantitative estimate of drug-likeness (QED) is 0.597. The van der Waals surface area contributed by atoms with Gasteiger partial charge in [0.25, 0.3) is 0 Å². The first-order valence-corrected chi connectivity index (χ1v) is 6.06.